The average Bonchev–Trinajstić information content (AvgIpc) is 2.61. The predicted octanol–water partition coefficient (Wildman–Crippen LogP) is 0.666. The van der Waals surface area contributed by atoms with Gasteiger partial charge in [-0.05, 0) is 31.4 Å². The second kappa shape index (κ2) is 3.71. The van der Waals surface area contributed by atoms with Crippen LogP contribution in [0, 0.1) is 0 Å². The van der Waals surface area contributed by atoms with E-state index in [1.807, 2.05) is 6.07 Å². The van der Waals surface area contributed by atoms with Crippen LogP contribution < -0.4 is 0 Å². The quantitative estimate of drug-likeness (QED) is 0.749. The van der Waals surface area contributed by atoms with Crippen LogP contribution in [0.1, 0.15) is 18.9 Å². The second-order valence-corrected chi connectivity index (χ2v) is 3.40. The molecule has 0 saturated heterocycles. The van der Waals surface area contributed by atoms with E-state index >= 15 is 0 Å². The van der Waals surface area contributed by atoms with E-state index in [1.165, 1.54) is 0 Å². The van der Waals surface area contributed by atoms with Crippen molar-refractivity contribution in [2.75, 3.05) is 0 Å². The fourth-order valence-corrected chi connectivity index (χ4v) is 1.29. The minimum Gasteiger partial charge on any atom is -0.393 e. The summed E-state index contributed by atoms with van der Waals surface area (Å²) in [6.07, 6.45) is 3.05. The molecule has 0 aromatic carbocycles. The summed E-state index contributed by atoms with van der Waals surface area (Å²) in [5.41, 5.74) is 2.48. The van der Waals surface area contributed by atoms with Crippen molar-refractivity contribution < 1.29 is 5.11 Å². The van der Waals surface area contributed by atoms with Gasteiger partial charge in [-0.1, -0.05) is 0 Å². The van der Waals surface area contributed by atoms with Crippen molar-refractivity contribution in [1.29, 1.82) is 0 Å². The van der Waals surface area contributed by atoms with Gasteiger partial charge in [0.2, 0.25) is 5.65 Å². The molecule has 2 heterocycles. The Bertz CT molecular complexity index is 423. The Kier molecular flexibility index (Phi) is 2.41. The van der Waals surface area contributed by atoms with Gasteiger partial charge in [-0.3, -0.25) is 0 Å². The van der Waals surface area contributed by atoms with Crippen molar-refractivity contribution in [2.24, 2.45) is 0 Å². The number of nitrogens with zero attached hydrogens (tertiary/aromatic N) is 3. The lowest BCUT2D eigenvalue weighted by Gasteiger charge is -2.02. The molecule has 1 atom stereocenters. The van der Waals surface area contributed by atoms with Gasteiger partial charge in [0.1, 0.15) is 5.52 Å². The second-order valence-electron chi connectivity index (χ2n) is 3.40. The number of hydrogen-bond donors (Lipinski definition) is 2. The molecular weight excluding hydrogens is 180 g/mol. The van der Waals surface area contributed by atoms with E-state index in [-0.39, 0.29) is 6.10 Å². The van der Waals surface area contributed by atoms with Crippen LogP contribution in [0.4, 0.5) is 0 Å². The molecule has 2 N–H and O–H groups in total. The molecule has 0 unspecified atom stereocenters. The van der Waals surface area contributed by atoms with Crippen LogP contribution >= 0.6 is 0 Å². The third kappa shape index (κ3) is 1.88. The molecule has 0 aliphatic rings. The van der Waals surface area contributed by atoms with Gasteiger partial charge >= 0.3 is 0 Å². The van der Waals surface area contributed by atoms with Crippen molar-refractivity contribution in [3.63, 3.8) is 0 Å². The number of aliphatic hydroxyl groups is 1. The van der Waals surface area contributed by atoms with Gasteiger partial charge in [-0.25, -0.2) is 4.98 Å². The van der Waals surface area contributed by atoms with E-state index in [0.717, 1.165) is 23.9 Å². The summed E-state index contributed by atoms with van der Waals surface area (Å²) >= 11 is 0. The first kappa shape index (κ1) is 9.08. The monoisotopic (exact) mass is 192 g/mol. The summed E-state index contributed by atoms with van der Waals surface area (Å²) in [6, 6.07) is 1.94. The highest BCUT2D eigenvalue weighted by atomic mass is 16.3. The number of fused-ring (bicyclic) bond motifs is 1. The molecule has 0 fully saturated rings. The molecule has 74 valence electrons. The van der Waals surface area contributed by atoms with Crippen LogP contribution in [0.25, 0.3) is 11.2 Å². The first-order valence-corrected chi connectivity index (χ1v) is 4.59. The Balaban J connectivity index is 2.17. The Morgan fingerprint density at radius 1 is 1.50 bits per heavy atom. The summed E-state index contributed by atoms with van der Waals surface area (Å²) in [4.78, 5) is 4.13. The molecule has 2 aromatic heterocycles. The maximum atomic E-state index is 9.13. The molecule has 5 nitrogen and oxygen atoms in total. The number of aromatic amines is 1. The largest absolute Gasteiger partial charge is 0.393 e. The SMILES string of the molecule is C[C@@H](O)CCc1cnc2n[nH]nc2c1. The molecule has 2 rings (SSSR count). The van der Waals surface area contributed by atoms with Crippen LogP contribution in [-0.2, 0) is 6.42 Å². The maximum Gasteiger partial charge on any atom is 0.201 e. The molecule has 0 saturated carbocycles. The molecule has 0 bridgehead atoms. The van der Waals surface area contributed by atoms with E-state index in [4.69, 9.17) is 5.11 Å². The Morgan fingerprint density at radius 2 is 2.36 bits per heavy atom. The third-order valence-corrected chi connectivity index (χ3v) is 2.08. The molecule has 0 radical (unpaired) electrons. The van der Waals surface area contributed by atoms with Crippen molar-refractivity contribution in [3.8, 4) is 0 Å². The third-order valence-electron chi connectivity index (χ3n) is 2.08. The fourth-order valence-electron chi connectivity index (χ4n) is 1.29. The summed E-state index contributed by atoms with van der Waals surface area (Å²) in [5, 5.41) is 19.5. The molecule has 5 heteroatoms. The number of pyridine rings is 1. The van der Waals surface area contributed by atoms with Crippen LogP contribution in [0.15, 0.2) is 12.3 Å². The smallest absolute Gasteiger partial charge is 0.201 e. The standard InChI is InChI=1S/C9H12N4O/c1-6(14)2-3-7-4-8-9(10-5-7)12-13-11-8/h4-6,14H,2-3H2,1H3,(H,10,11,12,13)/t6-/m1/s1. The number of hydrogen-bond acceptors (Lipinski definition) is 4. The van der Waals surface area contributed by atoms with Crippen molar-refractivity contribution in [3.05, 3.63) is 17.8 Å². The van der Waals surface area contributed by atoms with Crippen molar-refractivity contribution in [1.82, 2.24) is 20.4 Å². The molecule has 0 amide bonds. The number of rotatable bonds is 3. The van der Waals surface area contributed by atoms with E-state index in [0.29, 0.717) is 5.65 Å². The molecule has 0 aliphatic carbocycles. The Labute approximate surface area is 81.2 Å². The van der Waals surface area contributed by atoms with E-state index in [9.17, 15) is 0 Å². The lowest BCUT2D eigenvalue weighted by molar-refractivity contribution is 0.185. The summed E-state index contributed by atoms with van der Waals surface area (Å²) in [6.45, 7) is 1.78. The highest BCUT2D eigenvalue weighted by Crippen LogP contribution is 2.09. The number of aliphatic hydroxyl groups excluding tert-OH is 1. The molecule has 14 heavy (non-hydrogen) atoms. The van der Waals surface area contributed by atoms with Gasteiger partial charge < -0.3 is 5.11 Å². The van der Waals surface area contributed by atoms with Gasteiger partial charge in [0, 0.05) is 6.20 Å². The van der Waals surface area contributed by atoms with Crippen LogP contribution in [-0.4, -0.2) is 31.6 Å². The highest BCUT2D eigenvalue weighted by Gasteiger charge is 2.02. The van der Waals surface area contributed by atoms with Gasteiger partial charge in [-0.2, -0.15) is 10.3 Å². The van der Waals surface area contributed by atoms with Gasteiger partial charge in [0.25, 0.3) is 0 Å². The molecule has 0 aliphatic heterocycles. The normalized spacial score (nSPS) is 13.3. The lowest BCUT2D eigenvalue weighted by atomic mass is 10.1. The molecular formula is C9H12N4O. The zero-order valence-electron chi connectivity index (χ0n) is 7.94. The van der Waals surface area contributed by atoms with Crippen LogP contribution in [0.2, 0.25) is 0 Å². The van der Waals surface area contributed by atoms with E-state index < -0.39 is 0 Å². The van der Waals surface area contributed by atoms with Crippen molar-refractivity contribution in [2.45, 2.75) is 25.9 Å². The minimum absolute atomic E-state index is 0.275. The van der Waals surface area contributed by atoms with Gasteiger partial charge in [0.15, 0.2) is 0 Å². The highest BCUT2D eigenvalue weighted by molar-refractivity contribution is 5.68. The first-order valence-electron chi connectivity index (χ1n) is 4.59. The number of H-pyrrole nitrogens is 1. The number of nitrogens with one attached hydrogen (secondary N) is 1. The van der Waals surface area contributed by atoms with Crippen LogP contribution in [0.3, 0.4) is 0 Å². The van der Waals surface area contributed by atoms with Gasteiger partial charge in [-0.15, -0.1) is 5.10 Å². The fraction of sp³-hybridized carbons (Fsp3) is 0.444. The summed E-state index contributed by atoms with van der Waals surface area (Å²) < 4.78 is 0. The lowest BCUT2D eigenvalue weighted by Crippen LogP contribution is -2.01. The van der Waals surface area contributed by atoms with Gasteiger partial charge in [0.05, 0.1) is 6.10 Å². The Hall–Kier alpha value is -1.49. The van der Waals surface area contributed by atoms with Crippen molar-refractivity contribution >= 4 is 11.2 Å². The average molecular weight is 192 g/mol. The molecule has 2 aromatic rings. The zero-order valence-corrected chi connectivity index (χ0v) is 7.94. The maximum absolute atomic E-state index is 9.13. The topological polar surface area (TPSA) is 74.7 Å². The summed E-state index contributed by atoms with van der Waals surface area (Å²) in [5.74, 6) is 0. The van der Waals surface area contributed by atoms with E-state index in [1.54, 1.807) is 13.1 Å². The number of aryl methyl sites for hydroxylation is 1. The zero-order chi connectivity index (χ0) is 9.97. The first-order chi connectivity index (χ1) is 6.75. The molecule has 0 spiro atoms. The minimum atomic E-state index is -0.275. The predicted molar refractivity (Wildman–Crippen MR) is 51.7 cm³/mol. The van der Waals surface area contributed by atoms with Crippen LogP contribution in [0.5, 0.6) is 0 Å². The Morgan fingerprint density at radius 3 is 3.14 bits per heavy atom. The number of aromatic nitrogens is 4. The summed E-state index contributed by atoms with van der Waals surface area (Å²) in [7, 11) is 0. The van der Waals surface area contributed by atoms with E-state index in [2.05, 4.69) is 20.4 Å².